The largest absolute Gasteiger partial charge is 0.469 e. The Balaban J connectivity index is 2.13. The van der Waals surface area contributed by atoms with Crippen molar-refractivity contribution in [1.29, 1.82) is 0 Å². The maximum atomic E-state index is 10.7. The molecule has 0 amide bonds. The molecule has 1 aliphatic carbocycles. The van der Waals surface area contributed by atoms with Crippen molar-refractivity contribution < 1.29 is 14.3 Å². The van der Waals surface area contributed by atoms with Gasteiger partial charge in [0, 0.05) is 12.3 Å². The van der Waals surface area contributed by atoms with Gasteiger partial charge in [-0.3, -0.25) is 4.79 Å². The van der Waals surface area contributed by atoms with Crippen LogP contribution in [0.25, 0.3) is 0 Å². The maximum absolute atomic E-state index is 10.7. The van der Waals surface area contributed by atoms with Crippen LogP contribution in [-0.2, 0) is 14.3 Å². The molecule has 0 bridgehead atoms. The van der Waals surface area contributed by atoms with E-state index in [9.17, 15) is 9.59 Å². The number of carbonyl (C=O) groups is 2. The molecule has 0 spiro atoms. The van der Waals surface area contributed by atoms with Crippen LogP contribution in [0.1, 0.15) is 19.3 Å². The molecule has 1 rings (SSSR count). The zero-order chi connectivity index (χ0) is 8.27. The highest BCUT2D eigenvalue weighted by Gasteiger charge is 2.30. The first kappa shape index (κ1) is 8.24. The number of rotatable bonds is 3. The molecule has 0 aromatic rings. The molecule has 0 aromatic heterocycles. The number of hydrogen-bond acceptors (Lipinski definition) is 3. The Bertz CT molecular complexity index is 159. The molecule has 62 valence electrons. The van der Waals surface area contributed by atoms with Gasteiger partial charge in [0.15, 0.2) is 0 Å². The van der Waals surface area contributed by atoms with Crippen LogP contribution < -0.4 is 0 Å². The van der Waals surface area contributed by atoms with Gasteiger partial charge in [0.05, 0.1) is 7.11 Å². The van der Waals surface area contributed by atoms with Gasteiger partial charge in [-0.05, 0) is 18.8 Å². The van der Waals surface area contributed by atoms with Crippen molar-refractivity contribution in [3.8, 4) is 0 Å². The number of carbonyl (C=O) groups excluding carboxylic acids is 2. The van der Waals surface area contributed by atoms with E-state index < -0.39 is 0 Å². The average molecular weight is 156 g/mol. The zero-order valence-corrected chi connectivity index (χ0v) is 6.58. The van der Waals surface area contributed by atoms with Gasteiger partial charge >= 0.3 is 5.97 Å². The summed E-state index contributed by atoms with van der Waals surface area (Å²) in [6, 6.07) is 0. The van der Waals surface area contributed by atoms with Crippen molar-refractivity contribution in [1.82, 2.24) is 0 Å². The van der Waals surface area contributed by atoms with Crippen LogP contribution in [0.5, 0.6) is 0 Å². The summed E-state index contributed by atoms with van der Waals surface area (Å²) in [5.74, 6) is 0.418. The molecule has 0 saturated heterocycles. The normalized spacial score (nSPS) is 28.8. The molecule has 0 aromatic carbocycles. The van der Waals surface area contributed by atoms with E-state index >= 15 is 0 Å². The fourth-order valence-electron chi connectivity index (χ4n) is 1.38. The van der Waals surface area contributed by atoms with Crippen molar-refractivity contribution in [2.45, 2.75) is 19.3 Å². The molecule has 11 heavy (non-hydrogen) atoms. The molecule has 0 aliphatic heterocycles. The molecule has 1 fully saturated rings. The van der Waals surface area contributed by atoms with Gasteiger partial charge in [0.2, 0.25) is 0 Å². The van der Waals surface area contributed by atoms with E-state index in [1.165, 1.54) is 7.11 Å². The van der Waals surface area contributed by atoms with Crippen LogP contribution in [-0.4, -0.2) is 19.4 Å². The summed E-state index contributed by atoms with van der Waals surface area (Å²) in [5, 5.41) is 0. The molecule has 0 unspecified atom stereocenters. The fraction of sp³-hybridized carbons (Fsp3) is 0.750. The molecular formula is C8H12O3. The second-order valence-corrected chi connectivity index (χ2v) is 3.01. The minimum Gasteiger partial charge on any atom is -0.469 e. The number of hydrogen-bond donors (Lipinski definition) is 0. The monoisotopic (exact) mass is 156 g/mol. The van der Waals surface area contributed by atoms with Gasteiger partial charge < -0.3 is 9.53 Å². The smallest absolute Gasteiger partial charge is 0.305 e. The third-order valence-electron chi connectivity index (χ3n) is 2.15. The highest BCUT2D eigenvalue weighted by Crippen LogP contribution is 2.34. The van der Waals surface area contributed by atoms with E-state index in [0.29, 0.717) is 12.3 Å². The van der Waals surface area contributed by atoms with Crippen LogP contribution >= 0.6 is 0 Å². The zero-order valence-electron chi connectivity index (χ0n) is 6.58. The number of esters is 1. The van der Waals surface area contributed by atoms with E-state index in [1.54, 1.807) is 0 Å². The predicted molar refractivity (Wildman–Crippen MR) is 38.9 cm³/mol. The first-order valence-corrected chi connectivity index (χ1v) is 3.78. The first-order valence-electron chi connectivity index (χ1n) is 3.78. The van der Waals surface area contributed by atoms with Crippen LogP contribution in [0.4, 0.5) is 0 Å². The minimum atomic E-state index is -0.167. The topological polar surface area (TPSA) is 43.4 Å². The molecule has 1 aliphatic rings. The third-order valence-corrected chi connectivity index (χ3v) is 2.15. The fourth-order valence-corrected chi connectivity index (χ4v) is 1.38. The molecule has 1 saturated carbocycles. The number of methoxy groups -OCH3 is 1. The molecule has 0 radical (unpaired) electrons. The quantitative estimate of drug-likeness (QED) is 0.448. The predicted octanol–water partition coefficient (Wildman–Crippen LogP) is 0.775. The Kier molecular flexibility index (Phi) is 2.63. The number of aldehydes is 1. The summed E-state index contributed by atoms with van der Waals surface area (Å²) in [6.07, 6.45) is 3.16. The van der Waals surface area contributed by atoms with E-state index in [0.717, 1.165) is 19.1 Å². The van der Waals surface area contributed by atoms with Gasteiger partial charge in [0.1, 0.15) is 6.29 Å². The summed E-state index contributed by atoms with van der Waals surface area (Å²) >= 11 is 0. The summed E-state index contributed by atoms with van der Waals surface area (Å²) in [4.78, 5) is 20.9. The number of ether oxygens (including phenoxy) is 1. The Morgan fingerprint density at radius 2 is 2.27 bits per heavy atom. The summed E-state index contributed by atoms with van der Waals surface area (Å²) in [6.45, 7) is 0. The lowest BCUT2D eigenvalue weighted by molar-refractivity contribution is -0.143. The summed E-state index contributed by atoms with van der Waals surface area (Å²) in [5.41, 5.74) is 0. The van der Waals surface area contributed by atoms with E-state index in [-0.39, 0.29) is 11.9 Å². The second-order valence-electron chi connectivity index (χ2n) is 3.01. The minimum absolute atomic E-state index is 0.167. The lowest BCUT2D eigenvalue weighted by Gasteiger charge is -2.30. The molecule has 0 atom stereocenters. The van der Waals surface area contributed by atoms with Crippen LogP contribution in [0, 0.1) is 11.8 Å². The first-order chi connectivity index (χ1) is 5.26. The summed E-state index contributed by atoms with van der Waals surface area (Å²) < 4.78 is 4.50. The second kappa shape index (κ2) is 3.51. The van der Waals surface area contributed by atoms with E-state index in [4.69, 9.17) is 0 Å². The molecule has 3 heteroatoms. The molecule has 0 heterocycles. The van der Waals surface area contributed by atoms with Gasteiger partial charge in [-0.2, -0.15) is 0 Å². The SMILES string of the molecule is COC(=O)CC1CC(C=O)C1. The highest BCUT2D eigenvalue weighted by molar-refractivity contribution is 5.70. The highest BCUT2D eigenvalue weighted by atomic mass is 16.5. The Hall–Kier alpha value is -0.860. The van der Waals surface area contributed by atoms with Crippen LogP contribution in [0.3, 0.4) is 0 Å². The van der Waals surface area contributed by atoms with Crippen LogP contribution in [0.2, 0.25) is 0 Å². The lowest BCUT2D eigenvalue weighted by Crippen LogP contribution is -2.27. The van der Waals surface area contributed by atoms with Crippen molar-refractivity contribution in [2.24, 2.45) is 11.8 Å². The van der Waals surface area contributed by atoms with Gasteiger partial charge in [-0.15, -0.1) is 0 Å². The Labute approximate surface area is 65.7 Å². The third kappa shape index (κ3) is 2.03. The molecule has 0 N–H and O–H groups in total. The standard InChI is InChI=1S/C8H12O3/c1-11-8(10)4-6-2-7(3-6)5-9/h5-7H,2-4H2,1H3. The molecular weight excluding hydrogens is 144 g/mol. The lowest BCUT2D eigenvalue weighted by atomic mass is 9.74. The van der Waals surface area contributed by atoms with Crippen LogP contribution in [0.15, 0.2) is 0 Å². The van der Waals surface area contributed by atoms with Crippen molar-refractivity contribution in [2.75, 3.05) is 7.11 Å². The summed E-state index contributed by atoms with van der Waals surface area (Å²) in [7, 11) is 1.39. The van der Waals surface area contributed by atoms with Gasteiger partial charge in [-0.1, -0.05) is 0 Å². The van der Waals surface area contributed by atoms with Crippen molar-refractivity contribution in [3.63, 3.8) is 0 Å². The van der Waals surface area contributed by atoms with Crippen molar-refractivity contribution >= 4 is 12.3 Å². The van der Waals surface area contributed by atoms with Gasteiger partial charge in [-0.25, -0.2) is 0 Å². The Morgan fingerprint density at radius 1 is 1.64 bits per heavy atom. The molecule has 3 nitrogen and oxygen atoms in total. The Morgan fingerprint density at radius 3 is 2.73 bits per heavy atom. The van der Waals surface area contributed by atoms with Gasteiger partial charge in [0.25, 0.3) is 0 Å². The average Bonchev–Trinajstić information content (AvgIpc) is 1.95. The maximum Gasteiger partial charge on any atom is 0.305 e. The van der Waals surface area contributed by atoms with E-state index in [1.807, 2.05) is 0 Å². The van der Waals surface area contributed by atoms with E-state index in [2.05, 4.69) is 4.74 Å². The van der Waals surface area contributed by atoms with Crippen molar-refractivity contribution in [3.05, 3.63) is 0 Å².